The number of ether oxygens (including phenoxy) is 1. The van der Waals surface area contributed by atoms with Crippen molar-refractivity contribution in [2.45, 2.75) is 19.4 Å². The normalized spacial score (nSPS) is 11.8. The van der Waals surface area contributed by atoms with E-state index in [2.05, 4.69) is 22.4 Å². The van der Waals surface area contributed by atoms with Crippen LogP contribution in [0, 0.1) is 0 Å². The number of benzene rings is 2. The fraction of sp³-hybridized carbons (Fsp3) is 0.200. The summed E-state index contributed by atoms with van der Waals surface area (Å²) in [5.41, 5.74) is 4.55. The number of hydrogen-bond donors (Lipinski definition) is 3. The average molecular weight is 353 g/mol. The van der Waals surface area contributed by atoms with Gasteiger partial charge in [0, 0.05) is 11.3 Å². The third-order valence-corrected chi connectivity index (χ3v) is 3.76. The first-order valence-corrected chi connectivity index (χ1v) is 8.20. The molecule has 6 heteroatoms. The van der Waals surface area contributed by atoms with Gasteiger partial charge >= 0.3 is 0 Å². The molecule has 26 heavy (non-hydrogen) atoms. The predicted octanol–water partition coefficient (Wildman–Crippen LogP) is 3.08. The predicted molar refractivity (Wildman–Crippen MR) is 104 cm³/mol. The summed E-state index contributed by atoms with van der Waals surface area (Å²) in [5, 5.41) is 17.2. The Morgan fingerprint density at radius 1 is 1.31 bits per heavy atom. The van der Waals surface area contributed by atoms with Crippen molar-refractivity contribution in [3.63, 3.8) is 0 Å². The number of aromatic hydroxyl groups is 1. The topological polar surface area (TPSA) is 83.0 Å². The fourth-order valence-corrected chi connectivity index (χ4v) is 2.30. The molecule has 0 bridgehead atoms. The highest BCUT2D eigenvalue weighted by atomic mass is 16.5. The lowest BCUT2D eigenvalue weighted by Gasteiger charge is -2.13. The van der Waals surface area contributed by atoms with Crippen LogP contribution in [0.25, 0.3) is 0 Å². The van der Waals surface area contributed by atoms with Crippen LogP contribution in [0.1, 0.15) is 18.1 Å². The lowest BCUT2D eigenvalue weighted by Crippen LogP contribution is -2.34. The van der Waals surface area contributed by atoms with Gasteiger partial charge in [-0.3, -0.25) is 4.79 Å². The van der Waals surface area contributed by atoms with Crippen LogP contribution < -0.4 is 15.5 Å². The van der Waals surface area contributed by atoms with Crippen LogP contribution in [0.2, 0.25) is 0 Å². The minimum atomic E-state index is -0.485. The lowest BCUT2D eigenvalue weighted by atomic mass is 10.1. The van der Waals surface area contributed by atoms with E-state index in [1.165, 1.54) is 6.21 Å². The number of para-hydroxylation sites is 1. The van der Waals surface area contributed by atoms with Crippen LogP contribution in [-0.4, -0.2) is 30.4 Å². The highest BCUT2D eigenvalue weighted by Gasteiger charge is 2.12. The van der Waals surface area contributed by atoms with E-state index in [1.807, 2.05) is 36.4 Å². The van der Waals surface area contributed by atoms with Gasteiger partial charge in [-0.25, -0.2) is 5.43 Å². The zero-order valence-electron chi connectivity index (χ0n) is 14.9. The number of allylic oxidation sites excluding steroid dienone is 1. The second kappa shape index (κ2) is 9.27. The van der Waals surface area contributed by atoms with Crippen molar-refractivity contribution < 1.29 is 14.6 Å². The van der Waals surface area contributed by atoms with Crippen molar-refractivity contribution in [2.75, 3.05) is 12.4 Å². The number of phenolic OH excluding ortho intramolecular Hbond substituents is 1. The van der Waals surface area contributed by atoms with Crippen molar-refractivity contribution in [1.82, 2.24) is 5.43 Å². The summed E-state index contributed by atoms with van der Waals surface area (Å²) in [6.45, 7) is 5.39. The minimum absolute atomic E-state index is 0.134. The van der Waals surface area contributed by atoms with Crippen molar-refractivity contribution in [3.05, 3.63) is 66.2 Å². The van der Waals surface area contributed by atoms with Crippen LogP contribution >= 0.6 is 0 Å². The van der Waals surface area contributed by atoms with E-state index in [-0.39, 0.29) is 11.7 Å². The molecule has 0 spiro atoms. The van der Waals surface area contributed by atoms with Gasteiger partial charge in [0.05, 0.1) is 13.3 Å². The summed E-state index contributed by atoms with van der Waals surface area (Å²) >= 11 is 0. The number of methoxy groups -OCH3 is 1. The largest absolute Gasteiger partial charge is 0.507 e. The first-order chi connectivity index (χ1) is 12.5. The third kappa shape index (κ3) is 5.11. The number of carbonyl (C=O) groups excluding carboxylic acids is 1. The zero-order valence-corrected chi connectivity index (χ0v) is 14.9. The summed E-state index contributed by atoms with van der Waals surface area (Å²) in [5.74, 6) is 0.587. The van der Waals surface area contributed by atoms with E-state index < -0.39 is 6.04 Å². The molecule has 136 valence electrons. The molecule has 2 rings (SSSR count). The number of amides is 1. The number of nitrogens with zero attached hydrogens (tertiary/aromatic N) is 1. The van der Waals surface area contributed by atoms with Crippen molar-refractivity contribution >= 4 is 17.8 Å². The lowest BCUT2D eigenvalue weighted by molar-refractivity contribution is -0.121. The van der Waals surface area contributed by atoms with Gasteiger partial charge in [-0.05, 0) is 49.2 Å². The summed E-state index contributed by atoms with van der Waals surface area (Å²) in [6, 6.07) is 12.1. The van der Waals surface area contributed by atoms with Crippen LogP contribution in [0.3, 0.4) is 0 Å². The maximum atomic E-state index is 12.1. The summed E-state index contributed by atoms with van der Waals surface area (Å²) < 4.78 is 5.10. The molecule has 0 radical (unpaired) electrons. The molecule has 0 fully saturated rings. The van der Waals surface area contributed by atoms with Gasteiger partial charge in [0.15, 0.2) is 0 Å². The van der Waals surface area contributed by atoms with E-state index in [1.54, 1.807) is 26.2 Å². The number of rotatable bonds is 8. The van der Waals surface area contributed by atoms with Crippen molar-refractivity contribution in [1.29, 1.82) is 0 Å². The fourth-order valence-electron chi connectivity index (χ4n) is 2.30. The Hall–Kier alpha value is -3.28. The highest BCUT2D eigenvalue weighted by Crippen LogP contribution is 2.21. The Balaban J connectivity index is 1.93. The number of phenols is 1. The van der Waals surface area contributed by atoms with Gasteiger partial charge in [-0.2, -0.15) is 5.10 Å². The molecule has 3 N–H and O–H groups in total. The van der Waals surface area contributed by atoms with Gasteiger partial charge in [0.2, 0.25) is 0 Å². The first kappa shape index (κ1) is 19.1. The Morgan fingerprint density at radius 2 is 2.04 bits per heavy atom. The summed E-state index contributed by atoms with van der Waals surface area (Å²) in [4.78, 5) is 12.1. The first-order valence-electron chi connectivity index (χ1n) is 8.20. The van der Waals surface area contributed by atoms with Gasteiger partial charge in [-0.15, -0.1) is 6.58 Å². The number of nitrogens with one attached hydrogen (secondary N) is 2. The molecule has 1 amide bonds. The van der Waals surface area contributed by atoms with E-state index in [0.29, 0.717) is 12.0 Å². The third-order valence-electron chi connectivity index (χ3n) is 3.76. The van der Waals surface area contributed by atoms with Crippen molar-refractivity contribution in [2.24, 2.45) is 5.10 Å². The number of hydrogen-bond acceptors (Lipinski definition) is 5. The monoisotopic (exact) mass is 353 g/mol. The van der Waals surface area contributed by atoms with Crippen LogP contribution in [0.15, 0.2) is 60.2 Å². The molecule has 0 aliphatic rings. The van der Waals surface area contributed by atoms with Gasteiger partial charge in [-0.1, -0.05) is 18.2 Å². The molecule has 6 nitrogen and oxygen atoms in total. The second-order valence-corrected chi connectivity index (χ2v) is 5.68. The maximum absolute atomic E-state index is 12.1. The Bertz CT molecular complexity index is 785. The average Bonchev–Trinajstić information content (AvgIpc) is 2.65. The molecule has 2 aromatic rings. The van der Waals surface area contributed by atoms with Crippen LogP contribution in [0.4, 0.5) is 5.69 Å². The molecule has 0 unspecified atom stereocenters. The zero-order chi connectivity index (χ0) is 18.9. The SMILES string of the molecule is C=CCc1cccc(/C=N\NC(=O)[C@@H](C)Nc2ccc(OC)cc2)c1O. The smallest absolute Gasteiger partial charge is 0.262 e. The number of hydrazone groups is 1. The standard InChI is InChI=1S/C20H23N3O3/c1-4-6-15-7-5-8-16(19(15)24)13-21-23-20(25)14(2)22-17-9-11-18(26-3)12-10-17/h4-5,7-14,22,24H,1,6H2,2-3H3,(H,23,25)/b21-13-/t14-/m1/s1. The second-order valence-electron chi connectivity index (χ2n) is 5.68. The van der Waals surface area contributed by atoms with Crippen molar-refractivity contribution in [3.8, 4) is 11.5 Å². The van der Waals surface area contributed by atoms with Gasteiger partial charge in [0.25, 0.3) is 5.91 Å². The molecule has 0 saturated heterocycles. The van der Waals surface area contributed by atoms with E-state index in [0.717, 1.165) is 17.0 Å². The van der Waals surface area contributed by atoms with Crippen LogP contribution in [0.5, 0.6) is 11.5 Å². The number of anilines is 1. The quantitative estimate of drug-likeness (QED) is 0.387. The van der Waals surface area contributed by atoms with Crippen LogP contribution in [-0.2, 0) is 11.2 Å². The Kier molecular flexibility index (Phi) is 6.79. The van der Waals surface area contributed by atoms with E-state index in [4.69, 9.17) is 4.74 Å². The molecule has 2 aromatic carbocycles. The molecule has 0 heterocycles. The Labute approximate surface area is 153 Å². The van der Waals surface area contributed by atoms with E-state index in [9.17, 15) is 9.90 Å². The number of carbonyl (C=O) groups is 1. The molecular formula is C20H23N3O3. The molecule has 0 aromatic heterocycles. The molecular weight excluding hydrogens is 330 g/mol. The summed E-state index contributed by atoms with van der Waals surface area (Å²) in [6.07, 6.45) is 3.69. The molecule has 0 aliphatic carbocycles. The summed E-state index contributed by atoms with van der Waals surface area (Å²) in [7, 11) is 1.60. The Morgan fingerprint density at radius 3 is 2.69 bits per heavy atom. The molecule has 1 atom stereocenters. The molecule has 0 saturated carbocycles. The minimum Gasteiger partial charge on any atom is -0.507 e. The van der Waals surface area contributed by atoms with Gasteiger partial charge < -0.3 is 15.2 Å². The van der Waals surface area contributed by atoms with E-state index >= 15 is 0 Å². The maximum Gasteiger partial charge on any atom is 0.262 e. The molecule has 0 aliphatic heterocycles. The van der Waals surface area contributed by atoms with Gasteiger partial charge in [0.1, 0.15) is 17.5 Å². The highest BCUT2D eigenvalue weighted by molar-refractivity contribution is 5.88.